The third-order valence-corrected chi connectivity index (χ3v) is 5.00. The van der Waals surface area contributed by atoms with Gasteiger partial charge in [-0.2, -0.15) is 0 Å². The molecular weight excluding hydrogens is 374 g/mol. The normalized spacial score (nSPS) is 11.1. The first-order valence-electron chi connectivity index (χ1n) is 10.4. The van der Waals surface area contributed by atoms with Crippen LogP contribution in [0.2, 0.25) is 0 Å². The molecule has 3 aromatic rings. The van der Waals surface area contributed by atoms with E-state index in [2.05, 4.69) is 29.3 Å². The van der Waals surface area contributed by atoms with E-state index in [1.54, 1.807) is 4.90 Å². The molecule has 0 bridgehead atoms. The summed E-state index contributed by atoms with van der Waals surface area (Å²) in [6, 6.07) is 18.1. The van der Waals surface area contributed by atoms with E-state index in [-0.39, 0.29) is 5.91 Å². The zero-order valence-electron chi connectivity index (χ0n) is 18.1. The Labute approximate surface area is 178 Å². The van der Waals surface area contributed by atoms with E-state index in [4.69, 9.17) is 4.98 Å². The minimum absolute atomic E-state index is 0.0936. The summed E-state index contributed by atoms with van der Waals surface area (Å²) in [4.78, 5) is 25.9. The SMILES string of the molecule is CN(C)CCCNc1nc(CN(C)C(=O)CCc2ccccc2)nc2ccccc12. The van der Waals surface area contributed by atoms with Gasteiger partial charge < -0.3 is 15.1 Å². The highest BCUT2D eigenvalue weighted by molar-refractivity contribution is 5.89. The maximum atomic E-state index is 12.6. The number of fused-ring (bicyclic) bond motifs is 1. The molecule has 0 atom stereocenters. The summed E-state index contributed by atoms with van der Waals surface area (Å²) in [7, 11) is 5.96. The highest BCUT2D eigenvalue weighted by Gasteiger charge is 2.13. The van der Waals surface area contributed by atoms with Crippen molar-refractivity contribution >= 4 is 22.6 Å². The van der Waals surface area contributed by atoms with Crippen LogP contribution in [0.25, 0.3) is 10.9 Å². The average molecular weight is 406 g/mol. The number of hydrogen-bond donors (Lipinski definition) is 1. The number of carbonyl (C=O) groups excluding carboxylic acids is 1. The largest absolute Gasteiger partial charge is 0.369 e. The number of anilines is 1. The lowest BCUT2D eigenvalue weighted by Gasteiger charge is -2.18. The maximum Gasteiger partial charge on any atom is 0.223 e. The van der Waals surface area contributed by atoms with Gasteiger partial charge in [-0.1, -0.05) is 42.5 Å². The Morgan fingerprint density at radius 1 is 0.967 bits per heavy atom. The number of hydrogen-bond acceptors (Lipinski definition) is 5. The summed E-state index contributed by atoms with van der Waals surface area (Å²) in [5, 5.41) is 4.46. The topological polar surface area (TPSA) is 61.4 Å². The zero-order valence-corrected chi connectivity index (χ0v) is 18.1. The minimum atomic E-state index is 0.0936. The molecule has 0 spiro atoms. The van der Waals surface area contributed by atoms with Crippen LogP contribution >= 0.6 is 0 Å². The van der Waals surface area contributed by atoms with Crippen molar-refractivity contribution in [2.45, 2.75) is 25.8 Å². The Hall–Kier alpha value is -2.99. The van der Waals surface area contributed by atoms with Gasteiger partial charge in [0.15, 0.2) is 5.82 Å². The quantitative estimate of drug-likeness (QED) is 0.523. The van der Waals surface area contributed by atoms with Gasteiger partial charge in [0.1, 0.15) is 5.82 Å². The number of aryl methyl sites for hydroxylation is 1. The van der Waals surface area contributed by atoms with Crippen LogP contribution in [0.1, 0.15) is 24.2 Å². The van der Waals surface area contributed by atoms with E-state index in [9.17, 15) is 4.79 Å². The lowest BCUT2D eigenvalue weighted by molar-refractivity contribution is -0.130. The number of nitrogens with zero attached hydrogens (tertiary/aromatic N) is 4. The van der Waals surface area contributed by atoms with Crippen LogP contribution in [0.3, 0.4) is 0 Å². The third kappa shape index (κ3) is 6.26. The predicted octanol–water partition coefficient (Wildman–Crippen LogP) is 3.58. The molecule has 0 aliphatic heterocycles. The van der Waals surface area contributed by atoms with Gasteiger partial charge in [-0.05, 0) is 51.2 Å². The Morgan fingerprint density at radius 3 is 2.47 bits per heavy atom. The van der Waals surface area contributed by atoms with Crippen molar-refractivity contribution in [1.29, 1.82) is 0 Å². The molecule has 1 amide bonds. The zero-order chi connectivity index (χ0) is 21.3. The first-order chi connectivity index (χ1) is 14.5. The second kappa shape index (κ2) is 10.7. The highest BCUT2D eigenvalue weighted by atomic mass is 16.2. The van der Waals surface area contributed by atoms with Crippen molar-refractivity contribution in [3.05, 3.63) is 66.0 Å². The van der Waals surface area contributed by atoms with Crippen molar-refractivity contribution in [3.63, 3.8) is 0 Å². The Bertz CT molecular complexity index is 958. The van der Waals surface area contributed by atoms with Crippen molar-refractivity contribution in [3.8, 4) is 0 Å². The third-order valence-electron chi connectivity index (χ3n) is 5.00. The number of nitrogens with one attached hydrogen (secondary N) is 1. The Kier molecular flexibility index (Phi) is 7.74. The van der Waals surface area contributed by atoms with Gasteiger partial charge in [0, 0.05) is 25.4 Å². The maximum absolute atomic E-state index is 12.6. The van der Waals surface area contributed by atoms with E-state index in [0.29, 0.717) is 18.8 Å². The predicted molar refractivity (Wildman–Crippen MR) is 122 cm³/mol. The monoisotopic (exact) mass is 405 g/mol. The van der Waals surface area contributed by atoms with Crippen LogP contribution in [0.15, 0.2) is 54.6 Å². The lowest BCUT2D eigenvalue weighted by atomic mass is 10.1. The van der Waals surface area contributed by atoms with Crippen molar-refractivity contribution in [1.82, 2.24) is 19.8 Å². The van der Waals surface area contributed by atoms with Crippen LogP contribution < -0.4 is 5.32 Å². The number of para-hydroxylation sites is 1. The fourth-order valence-corrected chi connectivity index (χ4v) is 3.32. The van der Waals surface area contributed by atoms with Gasteiger partial charge in [-0.3, -0.25) is 4.79 Å². The van der Waals surface area contributed by atoms with E-state index in [1.807, 2.05) is 61.6 Å². The highest BCUT2D eigenvalue weighted by Crippen LogP contribution is 2.20. The van der Waals surface area contributed by atoms with Crippen LogP contribution in [0.4, 0.5) is 5.82 Å². The Morgan fingerprint density at radius 2 is 1.70 bits per heavy atom. The molecule has 158 valence electrons. The summed E-state index contributed by atoms with van der Waals surface area (Å²) in [5.41, 5.74) is 2.06. The first kappa shape index (κ1) is 21.7. The molecule has 3 rings (SSSR count). The van der Waals surface area contributed by atoms with Gasteiger partial charge in [0.25, 0.3) is 0 Å². The van der Waals surface area contributed by atoms with Crippen LogP contribution in [-0.4, -0.2) is 59.9 Å². The van der Waals surface area contributed by atoms with Gasteiger partial charge >= 0.3 is 0 Å². The van der Waals surface area contributed by atoms with Gasteiger partial charge in [-0.25, -0.2) is 9.97 Å². The number of carbonyl (C=O) groups is 1. The molecule has 0 radical (unpaired) electrons. The van der Waals surface area contributed by atoms with Crippen molar-refractivity contribution in [2.24, 2.45) is 0 Å². The van der Waals surface area contributed by atoms with Gasteiger partial charge in [-0.15, -0.1) is 0 Å². The summed E-state index contributed by atoms with van der Waals surface area (Å²) < 4.78 is 0. The molecule has 1 N–H and O–H groups in total. The van der Waals surface area contributed by atoms with Gasteiger partial charge in [0.05, 0.1) is 12.1 Å². The first-order valence-corrected chi connectivity index (χ1v) is 10.4. The van der Waals surface area contributed by atoms with Crippen LogP contribution in [0.5, 0.6) is 0 Å². The molecule has 0 saturated carbocycles. The fraction of sp³-hybridized carbons (Fsp3) is 0.375. The number of amides is 1. The van der Waals surface area contributed by atoms with E-state index in [0.717, 1.165) is 42.7 Å². The molecule has 0 fully saturated rings. The number of rotatable bonds is 10. The van der Waals surface area contributed by atoms with Gasteiger partial charge in [0.2, 0.25) is 5.91 Å². The minimum Gasteiger partial charge on any atom is -0.369 e. The summed E-state index contributed by atoms with van der Waals surface area (Å²) in [6.07, 6.45) is 2.24. The lowest BCUT2D eigenvalue weighted by Crippen LogP contribution is -2.27. The molecule has 6 nitrogen and oxygen atoms in total. The molecular formula is C24H31N5O. The van der Waals surface area contributed by atoms with Crippen molar-refractivity contribution < 1.29 is 4.79 Å². The van der Waals surface area contributed by atoms with E-state index in [1.165, 1.54) is 5.56 Å². The van der Waals surface area contributed by atoms with Crippen molar-refractivity contribution in [2.75, 3.05) is 39.5 Å². The standard InChI is InChI=1S/C24H31N5O/c1-28(2)17-9-16-25-24-20-12-7-8-13-21(20)26-22(27-24)18-29(3)23(30)15-14-19-10-5-4-6-11-19/h4-8,10-13H,9,14-18H2,1-3H3,(H,25,26,27). The molecule has 0 aliphatic carbocycles. The smallest absolute Gasteiger partial charge is 0.223 e. The molecule has 0 unspecified atom stereocenters. The van der Waals surface area contributed by atoms with E-state index >= 15 is 0 Å². The molecule has 0 saturated heterocycles. The molecule has 30 heavy (non-hydrogen) atoms. The Balaban J connectivity index is 1.66. The fourth-order valence-electron chi connectivity index (χ4n) is 3.32. The number of benzene rings is 2. The van der Waals surface area contributed by atoms with Crippen LogP contribution in [0, 0.1) is 0 Å². The average Bonchev–Trinajstić information content (AvgIpc) is 2.75. The second-order valence-electron chi connectivity index (χ2n) is 7.82. The summed E-state index contributed by atoms with van der Waals surface area (Å²) in [5.74, 6) is 1.58. The molecule has 1 heterocycles. The molecule has 1 aromatic heterocycles. The number of aromatic nitrogens is 2. The van der Waals surface area contributed by atoms with Crippen LogP contribution in [-0.2, 0) is 17.8 Å². The summed E-state index contributed by atoms with van der Waals surface area (Å²) >= 11 is 0. The van der Waals surface area contributed by atoms with E-state index < -0.39 is 0 Å². The summed E-state index contributed by atoms with van der Waals surface area (Å²) in [6.45, 7) is 2.25. The second-order valence-corrected chi connectivity index (χ2v) is 7.82. The molecule has 2 aromatic carbocycles. The molecule has 6 heteroatoms. The molecule has 0 aliphatic rings.